The zero-order valence-electron chi connectivity index (χ0n) is 8.73. The van der Waals surface area contributed by atoms with E-state index in [2.05, 4.69) is 9.97 Å². The normalized spacial score (nSPS) is 17.6. The lowest BCUT2D eigenvalue weighted by Gasteiger charge is -2.09. The summed E-state index contributed by atoms with van der Waals surface area (Å²) in [5.41, 5.74) is 1.15. The Balaban J connectivity index is 1.93. The van der Waals surface area contributed by atoms with E-state index in [9.17, 15) is 0 Å². The van der Waals surface area contributed by atoms with Crippen molar-refractivity contribution in [3.8, 4) is 5.75 Å². The molecule has 1 aromatic heterocycles. The van der Waals surface area contributed by atoms with Gasteiger partial charge in [-0.1, -0.05) is 41.4 Å². The number of fused-ring (bicyclic) bond motifs is 1. The minimum Gasteiger partial charge on any atom is -0.482 e. The number of rotatable bonds is 1. The van der Waals surface area contributed by atoms with Crippen molar-refractivity contribution in [3.63, 3.8) is 0 Å². The molecule has 0 saturated heterocycles. The van der Waals surface area contributed by atoms with E-state index >= 15 is 0 Å². The highest BCUT2D eigenvalue weighted by Crippen LogP contribution is 2.35. The van der Waals surface area contributed by atoms with Crippen LogP contribution in [0.3, 0.4) is 0 Å². The maximum absolute atomic E-state index is 5.85. The van der Waals surface area contributed by atoms with Crippen LogP contribution in [-0.4, -0.2) is 9.97 Å². The second-order valence-electron chi connectivity index (χ2n) is 3.79. The van der Waals surface area contributed by atoms with E-state index in [1.54, 1.807) is 0 Å². The summed E-state index contributed by atoms with van der Waals surface area (Å²) in [6, 6.07) is 9.39. The van der Waals surface area contributed by atoms with E-state index in [-0.39, 0.29) is 6.10 Å². The van der Waals surface area contributed by atoms with Crippen LogP contribution < -0.4 is 4.74 Å². The molecule has 3 rings (SSSR count). The van der Waals surface area contributed by atoms with Gasteiger partial charge >= 0.3 is 0 Å². The molecule has 0 bridgehead atoms. The number of hydrogen-bond acceptors (Lipinski definition) is 3. The van der Waals surface area contributed by atoms with Crippen molar-refractivity contribution in [3.05, 3.63) is 52.0 Å². The number of benzene rings is 1. The molecule has 0 spiro atoms. The van der Waals surface area contributed by atoms with Gasteiger partial charge < -0.3 is 4.74 Å². The first kappa shape index (κ1) is 10.8. The molecule has 86 valence electrons. The topological polar surface area (TPSA) is 35.0 Å². The molecule has 1 atom stereocenters. The van der Waals surface area contributed by atoms with Crippen molar-refractivity contribution in [1.29, 1.82) is 0 Å². The molecule has 0 aliphatic carbocycles. The predicted molar refractivity (Wildman–Crippen MR) is 65.6 cm³/mol. The first-order valence-electron chi connectivity index (χ1n) is 5.17. The fourth-order valence-corrected chi connectivity index (χ4v) is 2.31. The highest BCUT2D eigenvalue weighted by atomic mass is 35.5. The van der Waals surface area contributed by atoms with Crippen LogP contribution in [0.5, 0.6) is 5.75 Å². The van der Waals surface area contributed by atoms with Crippen LogP contribution in [0.15, 0.2) is 30.3 Å². The van der Waals surface area contributed by atoms with Gasteiger partial charge in [0, 0.05) is 12.5 Å². The Morgan fingerprint density at radius 2 is 1.82 bits per heavy atom. The van der Waals surface area contributed by atoms with Gasteiger partial charge in [0.2, 0.25) is 0 Å². The van der Waals surface area contributed by atoms with E-state index in [4.69, 9.17) is 27.9 Å². The van der Waals surface area contributed by atoms with Crippen molar-refractivity contribution in [2.75, 3.05) is 0 Å². The Bertz CT molecular complexity index is 529. The zero-order valence-corrected chi connectivity index (χ0v) is 10.2. The van der Waals surface area contributed by atoms with Crippen LogP contribution in [0, 0.1) is 0 Å². The van der Waals surface area contributed by atoms with Crippen LogP contribution in [0.2, 0.25) is 10.3 Å². The average Bonchev–Trinajstić information content (AvgIpc) is 2.71. The zero-order chi connectivity index (χ0) is 11.8. The molecule has 17 heavy (non-hydrogen) atoms. The summed E-state index contributed by atoms with van der Waals surface area (Å²) in [4.78, 5) is 8.29. The predicted octanol–water partition coefficient (Wildman–Crippen LogP) is 3.46. The minimum absolute atomic E-state index is 0.205. The monoisotopic (exact) mass is 266 g/mol. The van der Waals surface area contributed by atoms with Crippen LogP contribution in [0.25, 0.3) is 0 Å². The van der Waals surface area contributed by atoms with E-state index in [0.29, 0.717) is 16.1 Å². The lowest BCUT2D eigenvalue weighted by molar-refractivity contribution is 0.227. The van der Waals surface area contributed by atoms with E-state index in [0.717, 1.165) is 17.7 Å². The van der Waals surface area contributed by atoms with Gasteiger partial charge in [0.25, 0.3) is 0 Å². The molecule has 0 radical (unpaired) electrons. The van der Waals surface area contributed by atoms with Gasteiger partial charge in [-0.25, -0.2) is 9.97 Å². The van der Waals surface area contributed by atoms with E-state index in [1.807, 2.05) is 24.3 Å². The average molecular weight is 267 g/mol. The van der Waals surface area contributed by atoms with Crippen molar-refractivity contribution >= 4 is 23.2 Å². The van der Waals surface area contributed by atoms with Gasteiger partial charge in [0.05, 0.1) is 0 Å². The number of nitrogens with zero attached hydrogens (tertiary/aromatic N) is 2. The molecule has 0 saturated carbocycles. The van der Waals surface area contributed by atoms with Gasteiger partial charge in [0.1, 0.15) is 16.1 Å². The number of halogens is 2. The summed E-state index contributed by atoms with van der Waals surface area (Å²) in [7, 11) is 0. The van der Waals surface area contributed by atoms with Crippen molar-refractivity contribution in [2.24, 2.45) is 0 Å². The molecule has 1 aliphatic rings. The molecular weight excluding hydrogens is 259 g/mol. The standard InChI is InChI=1S/C12H8Cl2N2O/c13-10-6-11(14)16-12(15-10)9-5-7-3-1-2-4-8(7)17-9/h1-4,6,9H,5H2. The summed E-state index contributed by atoms with van der Waals surface area (Å²) >= 11 is 11.7. The quantitative estimate of drug-likeness (QED) is 0.742. The SMILES string of the molecule is Clc1cc(Cl)nc(C2Cc3ccccc3O2)n1. The van der Waals surface area contributed by atoms with Crippen LogP contribution in [0.4, 0.5) is 0 Å². The summed E-state index contributed by atoms with van der Waals surface area (Å²) in [6.45, 7) is 0. The third-order valence-corrected chi connectivity index (χ3v) is 3.00. The number of hydrogen-bond donors (Lipinski definition) is 0. The minimum atomic E-state index is -0.205. The van der Waals surface area contributed by atoms with Gasteiger partial charge in [0.15, 0.2) is 11.9 Å². The van der Waals surface area contributed by atoms with Crippen LogP contribution in [-0.2, 0) is 6.42 Å². The lowest BCUT2D eigenvalue weighted by atomic mass is 10.1. The molecule has 0 N–H and O–H groups in total. The summed E-state index contributed by atoms with van der Waals surface area (Å²) < 4.78 is 5.76. The van der Waals surface area contributed by atoms with E-state index < -0.39 is 0 Å². The summed E-state index contributed by atoms with van der Waals surface area (Å²) in [5, 5.41) is 0.666. The molecule has 3 nitrogen and oxygen atoms in total. The van der Waals surface area contributed by atoms with Gasteiger partial charge in [-0.2, -0.15) is 0 Å². The molecule has 1 aromatic carbocycles. The molecule has 0 amide bonds. The van der Waals surface area contributed by atoms with Gasteiger partial charge in [-0.15, -0.1) is 0 Å². The Morgan fingerprint density at radius 1 is 1.12 bits per heavy atom. The molecule has 2 aromatic rings. The molecule has 1 unspecified atom stereocenters. The van der Waals surface area contributed by atoms with Crippen molar-refractivity contribution in [1.82, 2.24) is 9.97 Å². The Kier molecular flexibility index (Phi) is 2.65. The molecule has 2 heterocycles. The third kappa shape index (κ3) is 2.08. The number of para-hydroxylation sites is 1. The molecule has 1 aliphatic heterocycles. The second-order valence-corrected chi connectivity index (χ2v) is 4.56. The lowest BCUT2D eigenvalue weighted by Crippen LogP contribution is -2.08. The summed E-state index contributed by atoms with van der Waals surface area (Å²) in [5.74, 6) is 1.40. The van der Waals surface area contributed by atoms with E-state index in [1.165, 1.54) is 6.07 Å². The van der Waals surface area contributed by atoms with Crippen LogP contribution >= 0.6 is 23.2 Å². The molecule has 0 fully saturated rings. The number of aromatic nitrogens is 2. The Labute approximate surface area is 108 Å². The highest BCUT2D eigenvalue weighted by molar-refractivity contribution is 6.33. The molecular formula is C12H8Cl2N2O. The molecule has 5 heteroatoms. The maximum Gasteiger partial charge on any atom is 0.172 e. The largest absolute Gasteiger partial charge is 0.482 e. The first-order valence-corrected chi connectivity index (χ1v) is 5.92. The van der Waals surface area contributed by atoms with Gasteiger partial charge in [-0.3, -0.25) is 0 Å². The van der Waals surface area contributed by atoms with Crippen LogP contribution in [0.1, 0.15) is 17.5 Å². The van der Waals surface area contributed by atoms with Crippen molar-refractivity contribution in [2.45, 2.75) is 12.5 Å². The Morgan fingerprint density at radius 3 is 2.53 bits per heavy atom. The second kappa shape index (κ2) is 4.17. The van der Waals surface area contributed by atoms with Crippen molar-refractivity contribution < 1.29 is 4.74 Å². The summed E-state index contributed by atoms with van der Waals surface area (Å²) in [6.07, 6.45) is 0.538. The number of ether oxygens (including phenoxy) is 1. The third-order valence-electron chi connectivity index (χ3n) is 2.62. The first-order chi connectivity index (χ1) is 8.22. The Hall–Kier alpha value is -1.32. The maximum atomic E-state index is 5.85. The fourth-order valence-electron chi connectivity index (χ4n) is 1.88. The smallest absolute Gasteiger partial charge is 0.172 e. The van der Waals surface area contributed by atoms with Gasteiger partial charge in [-0.05, 0) is 11.6 Å². The highest BCUT2D eigenvalue weighted by Gasteiger charge is 2.26. The fraction of sp³-hybridized carbons (Fsp3) is 0.167.